The van der Waals surface area contributed by atoms with Crippen LogP contribution in [0, 0.1) is 11.3 Å². The number of esters is 1. The van der Waals surface area contributed by atoms with Gasteiger partial charge in [0.25, 0.3) is 0 Å². The molecule has 35 heavy (non-hydrogen) atoms. The molecule has 0 bridgehead atoms. The molecule has 1 aliphatic heterocycles. The lowest BCUT2D eigenvalue weighted by Crippen LogP contribution is -2.40. The molecule has 0 fully saturated rings. The number of hydrogen-bond donors (Lipinski definition) is 5. The first-order valence-corrected chi connectivity index (χ1v) is 11.1. The summed E-state index contributed by atoms with van der Waals surface area (Å²) in [6.07, 6.45) is -0.0594. The van der Waals surface area contributed by atoms with Crippen LogP contribution in [0.3, 0.4) is 0 Å². The Morgan fingerprint density at radius 3 is 2.51 bits per heavy atom. The summed E-state index contributed by atoms with van der Waals surface area (Å²) in [5, 5.41) is 15.6. The van der Waals surface area contributed by atoms with Crippen LogP contribution in [0.1, 0.15) is 37.4 Å². The average Bonchev–Trinajstić information content (AvgIpc) is 3.30. The second kappa shape index (κ2) is 11.7. The van der Waals surface area contributed by atoms with Crippen LogP contribution in [0.25, 0.3) is 0 Å². The van der Waals surface area contributed by atoms with Crippen LogP contribution in [0.5, 0.6) is 11.5 Å². The van der Waals surface area contributed by atoms with Crippen LogP contribution in [0.2, 0.25) is 0 Å². The molecule has 186 valence electrons. The molecule has 3 rings (SSSR count). The van der Waals surface area contributed by atoms with Gasteiger partial charge in [-0.05, 0) is 48.9 Å². The lowest BCUT2D eigenvalue weighted by atomic mass is 10.0. The summed E-state index contributed by atoms with van der Waals surface area (Å²) in [4.78, 5) is 37.2. The predicted molar refractivity (Wildman–Crippen MR) is 128 cm³/mol. The predicted octanol–water partition coefficient (Wildman–Crippen LogP) is 2.27. The van der Waals surface area contributed by atoms with Crippen molar-refractivity contribution in [2.24, 2.45) is 11.7 Å². The molecule has 1 aliphatic rings. The second-order valence-electron chi connectivity index (χ2n) is 7.91. The highest BCUT2D eigenvalue weighted by Crippen LogP contribution is 2.35. The van der Waals surface area contributed by atoms with Crippen molar-refractivity contribution in [2.75, 3.05) is 25.3 Å². The molecular formula is C24H29N5O6. The van der Waals surface area contributed by atoms with Gasteiger partial charge in [-0.1, -0.05) is 13.0 Å². The Balaban J connectivity index is 1.57. The van der Waals surface area contributed by atoms with E-state index in [1.54, 1.807) is 56.3 Å². The Morgan fingerprint density at radius 2 is 1.83 bits per heavy atom. The molecule has 11 nitrogen and oxygen atoms in total. The first-order chi connectivity index (χ1) is 16.8. The van der Waals surface area contributed by atoms with Gasteiger partial charge in [0.2, 0.25) is 12.7 Å². The largest absolute Gasteiger partial charge is 0.466 e. The zero-order valence-electron chi connectivity index (χ0n) is 19.6. The van der Waals surface area contributed by atoms with E-state index < -0.39 is 24.0 Å². The number of urea groups is 1. The van der Waals surface area contributed by atoms with Crippen LogP contribution >= 0.6 is 0 Å². The van der Waals surface area contributed by atoms with Crippen molar-refractivity contribution in [2.45, 2.75) is 26.3 Å². The van der Waals surface area contributed by atoms with Crippen LogP contribution in [-0.4, -0.2) is 43.7 Å². The molecule has 0 aliphatic carbocycles. The number of nitrogens with one attached hydrogen (secondary N) is 4. The quantitative estimate of drug-likeness (QED) is 0.196. The number of carbonyl (C=O) groups is 3. The summed E-state index contributed by atoms with van der Waals surface area (Å²) in [7, 11) is 0. The van der Waals surface area contributed by atoms with Crippen LogP contribution in [0.4, 0.5) is 10.5 Å². The van der Waals surface area contributed by atoms with E-state index in [1.165, 1.54) is 0 Å². The molecule has 0 saturated carbocycles. The Bertz CT molecular complexity index is 1090. The number of nitrogen functional groups attached to an aromatic ring is 1. The molecule has 6 N–H and O–H groups in total. The van der Waals surface area contributed by atoms with E-state index >= 15 is 0 Å². The Hall–Kier alpha value is -4.28. The summed E-state index contributed by atoms with van der Waals surface area (Å²) in [6, 6.07) is 10.6. The SMILES string of the molecule is CCOC(=O)CC(NC(=O)[C@H](C)CNC(=O)Nc1ccc(C(=N)N)cc1)c1ccc2c(c1)OCO2. The summed E-state index contributed by atoms with van der Waals surface area (Å²) < 4.78 is 15.8. The van der Waals surface area contributed by atoms with E-state index in [0.29, 0.717) is 28.3 Å². The maximum atomic E-state index is 12.8. The maximum Gasteiger partial charge on any atom is 0.319 e. The van der Waals surface area contributed by atoms with E-state index in [0.717, 1.165) is 0 Å². The molecule has 1 heterocycles. The fourth-order valence-electron chi connectivity index (χ4n) is 3.33. The molecule has 0 aromatic heterocycles. The van der Waals surface area contributed by atoms with E-state index in [4.69, 9.17) is 25.4 Å². The van der Waals surface area contributed by atoms with Gasteiger partial charge in [-0.25, -0.2) is 4.79 Å². The minimum absolute atomic E-state index is 0.0594. The van der Waals surface area contributed by atoms with Gasteiger partial charge in [0.05, 0.1) is 25.0 Å². The Labute approximate surface area is 202 Å². The number of nitrogens with two attached hydrogens (primary N) is 1. The topological polar surface area (TPSA) is 165 Å². The van der Waals surface area contributed by atoms with Crippen LogP contribution in [-0.2, 0) is 14.3 Å². The highest BCUT2D eigenvalue weighted by molar-refractivity contribution is 5.96. The van der Waals surface area contributed by atoms with Crippen molar-refractivity contribution >= 4 is 29.4 Å². The lowest BCUT2D eigenvalue weighted by Gasteiger charge is -2.21. The Kier molecular flexibility index (Phi) is 8.49. The molecule has 0 saturated heterocycles. The Morgan fingerprint density at radius 1 is 1.11 bits per heavy atom. The van der Waals surface area contributed by atoms with Gasteiger partial charge in [0.1, 0.15) is 5.84 Å². The third kappa shape index (κ3) is 7.10. The molecule has 0 spiro atoms. The third-order valence-corrected chi connectivity index (χ3v) is 5.26. The fourth-order valence-corrected chi connectivity index (χ4v) is 3.33. The first-order valence-electron chi connectivity index (χ1n) is 11.1. The molecular weight excluding hydrogens is 454 g/mol. The zero-order valence-corrected chi connectivity index (χ0v) is 19.6. The van der Waals surface area contributed by atoms with Gasteiger partial charge >= 0.3 is 12.0 Å². The molecule has 3 amide bonds. The standard InChI is InChI=1S/C24H29N5O6/c1-3-33-21(30)11-18(16-6-9-19-20(10-16)35-13-34-19)29-23(31)14(2)12-27-24(32)28-17-7-4-15(5-8-17)22(25)26/h4-10,14,18H,3,11-13H2,1-2H3,(H3,25,26)(H,29,31)(H2,27,28,32)/t14-,18?/m1/s1. The molecule has 2 aromatic rings. The van der Waals surface area contributed by atoms with Crippen molar-refractivity contribution in [3.63, 3.8) is 0 Å². The molecule has 2 aromatic carbocycles. The summed E-state index contributed by atoms with van der Waals surface area (Å²) in [5.74, 6) is -0.315. The van der Waals surface area contributed by atoms with E-state index in [1.807, 2.05) is 0 Å². The monoisotopic (exact) mass is 483 g/mol. The number of amidine groups is 1. The van der Waals surface area contributed by atoms with Crippen molar-refractivity contribution in [1.82, 2.24) is 10.6 Å². The summed E-state index contributed by atoms with van der Waals surface area (Å²) in [6.45, 7) is 3.78. The summed E-state index contributed by atoms with van der Waals surface area (Å²) >= 11 is 0. The number of fused-ring (bicyclic) bond motifs is 1. The number of hydrogen-bond acceptors (Lipinski definition) is 7. The number of ether oxygens (including phenoxy) is 3. The van der Waals surface area contributed by atoms with Crippen molar-refractivity contribution < 1.29 is 28.6 Å². The first kappa shape index (κ1) is 25.3. The van der Waals surface area contributed by atoms with Gasteiger partial charge in [-0.15, -0.1) is 0 Å². The summed E-state index contributed by atoms with van der Waals surface area (Å²) in [5.41, 5.74) is 7.15. The van der Waals surface area contributed by atoms with Crippen LogP contribution < -0.4 is 31.2 Å². The number of amides is 3. The lowest BCUT2D eigenvalue weighted by molar-refractivity contribution is -0.143. The number of carbonyl (C=O) groups excluding carboxylic acids is 3. The zero-order chi connectivity index (χ0) is 25.4. The minimum Gasteiger partial charge on any atom is -0.466 e. The van der Waals surface area contributed by atoms with Crippen LogP contribution in [0.15, 0.2) is 42.5 Å². The third-order valence-electron chi connectivity index (χ3n) is 5.26. The smallest absolute Gasteiger partial charge is 0.319 e. The highest BCUT2D eigenvalue weighted by atomic mass is 16.7. The van der Waals surface area contributed by atoms with Crippen molar-refractivity contribution in [3.8, 4) is 11.5 Å². The normalized spacial score (nSPS) is 13.3. The van der Waals surface area contributed by atoms with E-state index in [2.05, 4.69) is 16.0 Å². The van der Waals surface area contributed by atoms with E-state index in [9.17, 15) is 14.4 Å². The number of benzene rings is 2. The van der Waals surface area contributed by atoms with E-state index in [-0.39, 0.29) is 38.1 Å². The van der Waals surface area contributed by atoms with Gasteiger partial charge in [-0.3, -0.25) is 15.0 Å². The molecule has 11 heteroatoms. The van der Waals surface area contributed by atoms with Crippen molar-refractivity contribution in [1.29, 1.82) is 5.41 Å². The van der Waals surface area contributed by atoms with Gasteiger partial charge in [0, 0.05) is 17.8 Å². The molecule has 0 radical (unpaired) electrons. The molecule has 2 atom stereocenters. The van der Waals surface area contributed by atoms with Crippen molar-refractivity contribution in [3.05, 3.63) is 53.6 Å². The van der Waals surface area contributed by atoms with Gasteiger partial charge in [-0.2, -0.15) is 0 Å². The number of rotatable bonds is 10. The maximum absolute atomic E-state index is 12.8. The van der Waals surface area contributed by atoms with Gasteiger partial charge in [0.15, 0.2) is 11.5 Å². The molecule has 1 unspecified atom stereocenters. The van der Waals surface area contributed by atoms with Gasteiger partial charge < -0.3 is 35.9 Å². The fraction of sp³-hybridized carbons (Fsp3) is 0.333. The minimum atomic E-state index is -0.646. The highest BCUT2D eigenvalue weighted by Gasteiger charge is 2.24. The average molecular weight is 484 g/mol. The number of anilines is 1. The second-order valence-corrected chi connectivity index (χ2v) is 7.91.